The Kier molecular flexibility index (Phi) is 20.6. The van der Waals surface area contributed by atoms with Crippen molar-refractivity contribution in [2.45, 2.75) is 126 Å². The zero-order valence-corrected chi connectivity index (χ0v) is 45.6. The summed E-state index contributed by atoms with van der Waals surface area (Å²) in [7, 11) is -5.24. The fraction of sp³-hybridized carbons (Fsp3) is 0.491. The largest absolute Gasteiger partial charge is 0.504 e. The first-order chi connectivity index (χ1) is 38.8. The molecule has 3 fully saturated rings. The van der Waals surface area contributed by atoms with Gasteiger partial charge in [-0.25, -0.2) is 0 Å². The van der Waals surface area contributed by atoms with Gasteiger partial charge in [0.15, 0.2) is 23.5 Å². The first-order valence-electron chi connectivity index (χ1n) is 26.4. The van der Waals surface area contributed by atoms with Crippen LogP contribution in [0, 0.1) is 5.92 Å². The molecule has 14 N–H and O–H groups in total. The van der Waals surface area contributed by atoms with Crippen LogP contribution in [0.5, 0.6) is 17.2 Å². The number of aliphatic hydroxyl groups excluding tert-OH is 7. The molecule has 0 aliphatic carbocycles. The minimum Gasteiger partial charge on any atom is -0.504 e. The molecule has 1 aromatic heterocycles. The van der Waals surface area contributed by atoms with Crippen LogP contribution < -0.4 is 35.5 Å². The van der Waals surface area contributed by atoms with E-state index in [4.69, 9.17) is 9.26 Å². The van der Waals surface area contributed by atoms with Gasteiger partial charge in [-0.05, 0) is 73.4 Å². The predicted molar refractivity (Wildman–Crippen MR) is 285 cm³/mol. The van der Waals surface area contributed by atoms with E-state index in [0.29, 0.717) is 35.4 Å². The zero-order valence-electron chi connectivity index (χ0n) is 44.8. The molecule has 4 heterocycles. The van der Waals surface area contributed by atoms with Gasteiger partial charge < -0.3 is 85.8 Å². The Labute approximate surface area is 470 Å². The molecule has 0 radical (unpaired) electrons. The fourth-order valence-corrected chi connectivity index (χ4v) is 10.2. The van der Waals surface area contributed by atoms with Gasteiger partial charge in [0, 0.05) is 61.8 Å². The van der Waals surface area contributed by atoms with Crippen LogP contribution in [-0.4, -0.2) is 204 Å². The molecule has 82 heavy (non-hydrogen) atoms. The molecule has 446 valence electrons. The lowest BCUT2D eigenvalue weighted by Crippen LogP contribution is -2.62. The van der Waals surface area contributed by atoms with Crippen LogP contribution >= 0.6 is 0 Å². The van der Waals surface area contributed by atoms with Crippen molar-refractivity contribution in [2.24, 2.45) is 5.92 Å². The van der Waals surface area contributed by atoms with E-state index in [9.17, 15) is 82.6 Å². The number of nitrogens with one attached hydrogen (secondary N) is 5. The molecule has 3 aromatic carbocycles. The van der Waals surface area contributed by atoms with Gasteiger partial charge in [0.2, 0.25) is 29.5 Å². The average molecular weight is 1170 g/mol. The van der Waals surface area contributed by atoms with Gasteiger partial charge in [-0.15, -0.1) is 0 Å². The summed E-state index contributed by atoms with van der Waals surface area (Å²) in [5.74, 6) is -7.99. The molecule has 3 saturated heterocycles. The number of carbonyl (C=O) groups excluding carboxylic acids is 6. The highest BCUT2D eigenvalue weighted by molar-refractivity contribution is 7.81. The van der Waals surface area contributed by atoms with Gasteiger partial charge in [-0.2, -0.15) is 8.42 Å². The first kappa shape index (κ1) is 62.3. The molecule has 0 spiro atoms. The van der Waals surface area contributed by atoms with Crippen LogP contribution in [0.4, 0.5) is 0 Å². The standard InChI is InChI=1S/C53H68N8O20S/c1-4-5-6-19-79-33-14-11-29(12-15-33)39-23-34(59-80-39)28-7-9-30(10-8-28)47(69)55-35-22-38(65)50(72)58-52(74)43-44(66)26(2)24-60(43)18-17-54-51(73)42(46(68)45(67)31-13-16-37(64)40(20-31)81-82(76,77)78)57-49(71)36-21-32(63)25-61(36)53(75)41(27(3)62)56-48(35)70/h7-16,20,23,26-27,32,35-36,38,41-46,50,62-68,72H,4-6,17-19,21-22,24-25H2,1-3H3,(H,54,73)(H,55,69)(H,56,70)(H,57,71)(H,58,74)(H,76,77,78)/t26-,27+,32+,35-,36-,38+,41-,42-,43-,44-,45-,46-,50+/m0/s1. The van der Waals surface area contributed by atoms with Gasteiger partial charge in [0.25, 0.3) is 5.91 Å². The second kappa shape index (κ2) is 27.2. The van der Waals surface area contributed by atoms with E-state index in [1.165, 1.54) is 17.0 Å². The van der Waals surface area contributed by atoms with Crippen molar-refractivity contribution >= 4 is 45.8 Å². The topological polar surface area (TPSA) is 430 Å². The molecule has 3 aliphatic heterocycles. The smallest absolute Gasteiger partial charge is 0.446 e. The van der Waals surface area contributed by atoms with E-state index in [2.05, 4.69) is 42.8 Å². The molecule has 29 heteroatoms. The normalized spacial score (nSPS) is 26.6. The summed E-state index contributed by atoms with van der Waals surface area (Å²) in [5.41, 5.74) is 1.20. The van der Waals surface area contributed by atoms with E-state index >= 15 is 0 Å². The number of carbonyl (C=O) groups is 6. The van der Waals surface area contributed by atoms with Crippen molar-refractivity contribution in [1.82, 2.24) is 41.5 Å². The number of phenols is 1. The van der Waals surface area contributed by atoms with E-state index < -0.39 is 161 Å². The number of unbranched alkanes of at least 4 members (excludes halogenated alkanes) is 2. The van der Waals surface area contributed by atoms with Crippen molar-refractivity contribution in [3.63, 3.8) is 0 Å². The van der Waals surface area contributed by atoms with Gasteiger partial charge >= 0.3 is 10.4 Å². The monoisotopic (exact) mass is 1170 g/mol. The van der Waals surface area contributed by atoms with Crippen molar-refractivity contribution in [1.29, 1.82) is 0 Å². The molecular formula is C53H68N8O20S. The van der Waals surface area contributed by atoms with Crippen LogP contribution in [0.15, 0.2) is 77.3 Å². The second-order valence-corrected chi connectivity index (χ2v) is 21.5. The van der Waals surface area contributed by atoms with Crippen molar-refractivity contribution in [3.8, 4) is 39.8 Å². The van der Waals surface area contributed by atoms with Gasteiger partial charge in [0.05, 0.1) is 24.9 Å². The Bertz CT molecular complexity index is 3020. The number of aromatic nitrogens is 1. The third kappa shape index (κ3) is 15.4. The molecule has 0 bridgehead atoms. The molecule has 4 aromatic rings. The maximum absolute atomic E-state index is 14.4. The number of hydrogen-bond acceptors (Lipinski definition) is 21. The maximum Gasteiger partial charge on any atom is 0.446 e. The zero-order chi connectivity index (χ0) is 59.7. The number of aliphatic hydroxyl groups is 7. The Morgan fingerprint density at radius 2 is 1.52 bits per heavy atom. The lowest BCUT2D eigenvalue weighted by Gasteiger charge is -2.33. The van der Waals surface area contributed by atoms with E-state index in [0.717, 1.165) is 48.8 Å². The number of fused-ring (bicyclic) bond motifs is 2. The Morgan fingerprint density at radius 1 is 0.841 bits per heavy atom. The van der Waals surface area contributed by atoms with Crippen molar-refractivity contribution in [2.75, 3.05) is 32.8 Å². The van der Waals surface area contributed by atoms with Crippen LogP contribution in [0.25, 0.3) is 22.6 Å². The number of phenolic OH excluding ortho intramolecular Hbond substituents is 1. The number of aromatic hydroxyl groups is 1. The first-order valence-corrected chi connectivity index (χ1v) is 27.8. The number of benzene rings is 3. The van der Waals surface area contributed by atoms with Crippen molar-refractivity contribution in [3.05, 3.63) is 83.9 Å². The lowest BCUT2D eigenvalue weighted by molar-refractivity contribution is -0.145. The highest BCUT2D eigenvalue weighted by atomic mass is 32.3. The third-order valence-corrected chi connectivity index (χ3v) is 14.7. The molecule has 6 amide bonds. The molecule has 7 rings (SSSR count). The van der Waals surface area contributed by atoms with Crippen molar-refractivity contribution < 1.29 is 96.0 Å². The summed E-state index contributed by atoms with van der Waals surface area (Å²) in [6, 6.07) is 8.16. The average Bonchev–Trinajstić information content (AvgIpc) is 4.29. The summed E-state index contributed by atoms with van der Waals surface area (Å²) in [4.78, 5) is 87.1. The molecule has 13 atom stereocenters. The SMILES string of the molecule is CCCCCOc1ccc(-c2cc(-c3ccc(C(=O)N[C@H]4C[C@@H](O)[C@@H](O)NC(=O)[C@@H]5[C@@H](O)[C@@H](C)CN5CCNC(=O)[C@H]([C@H](O)[C@@H](O)c5ccc(O)c(OS(=O)(=O)O)c5)NC(=O)[C@@H]5C[C@@H](O)CN5C(=O)[C@H]([C@@H](C)O)NC4=O)cc3)no2)cc1. The van der Waals surface area contributed by atoms with Crippen LogP contribution in [0.2, 0.25) is 0 Å². The Morgan fingerprint density at radius 3 is 2.20 bits per heavy atom. The second-order valence-electron chi connectivity index (χ2n) is 20.5. The maximum atomic E-state index is 14.4. The predicted octanol–water partition coefficient (Wildman–Crippen LogP) is -2.03. The minimum atomic E-state index is -5.24. The van der Waals surface area contributed by atoms with Gasteiger partial charge in [-0.3, -0.25) is 38.2 Å². The number of rotatable bonds is 15. The van der Waals surface area contributed by atoms with Gasteiger partial charge in [0.1, 0.15) is 60.0 Å². The summed E-state index contributed by atoms with van der Waals surface area (Å²) >= 11 is 0. The minimum absolute atomic E-state index is 0.0290. The summed E-state index contributed by atoms with van der Waals surface area (Å²) in [6.45, 7) is 4.20. The molecule has 28 nitrogen and oxygen atoms in total. The molecule has 0 unspecified atom stereocenters. The summed E-state index contributed by atoms with van der Waals surface area (Å²) in [6.07, 6.45) is -11.7. The quantitative estimate of drug-likeness (QED) is 0.0451. The van der Waals surface area contributed by atoms with E-state index in [-0.39, 0.29) is 25.2 Å². The fourth-order valence-electron chi connectivity index (χ4n) is 9.83. The van der Waals surface area contributed by atoms with Gasteiger partial charge in [-0.1, -0.05) is 50.0 Å². The summed E-state index contributed by atoms with van der Waals surface area (Å²) < 4.78 is 47.9. The van der Waals surface area contributed by atoms with Crippen LogP contribution in [0.1, 0.15) is 74.9 Å². The van der Waals surface area contributed by atoms with Crippen LogP contribution in [-0.2, 0) is 34.4 Å². The molecule has 0 saturated carbocycles. The number of hydrogen-bond donors (Lipinski definition) is 14. The van der Waals surface area contributed by atoms with E-state index in [1.807, 2.05) is 24.3 Å². The number of amides is 6. The molecule has 3 aliphatic rings. The van der Waals surface area contributed by atoms with E-state index in [1.54, 1.807) is 25.1 Å². The Hall–Kier alpha value is -7.32. The molecular weight excluding hydrogens is 1100 g/mol. The van der Waals surface area contributed by atoms with Crippen LogP contribution in [0.3, 0.4) is 0 Å². The third-order valence-electron chi connectivity index (χ3n) is 14.3. The summed E-state index contributed by atoms with van der Waals surface area (Å²) in [5, 5.41) is 105. The number of ether oxygens (including phenoxy) is 1. The highest BCUT2D eigenvalue weighted by Gasteiger charge is 2.47. The lowest BCUT2D eigenvalue weighted by atomic mass is 9.97. The number of nitrogens with zero attached hydrogens (tertiary/aromatic N) is 3. The highest BCUT2D eigenvalue weighted by Crippen LogP contribution is 2.33. The Balaban J connectivity index is 1.15.